The van der Waals surface area contributed by atoms with Gasteiger partial charge in [0.25, 0.3) is 0 Å². The van der Waals surface area contributed by atoms with Gasteiger partial charge in [0.15, 0.2) is 0 Å². The number of nitrogens with zero attached hydrogens (tertiary/aromatic N) is 1. The fraction of sp³-hybridized carbons (Fsp3) is 0.333. The Labute approximate surface area is 85.9 Å². The van der Waals surface area contributed by atoms with Crippen molar-refractivity contribution in [2.45, 2.75) is 13.3 Å². The van der Waals surface area contributed by atoms with Gasteiger partial charge in [0.1, 0.15) is 0 Å². The van der Waals surface area contributed by atoms with Crippen molar-refractivity contribution in [3.8, 4) is 0 Å². The largest absolute Gasteiger partial charge is 0.466 e. The van der Waals surface area contributed by atoms with Crippen LogP contribution in [0.5, 0.6) is 0 Å². The average Bonchev–Trinajstić information content (AvgIpc) is 2.01. The van der Waals surface area contributed by atoms with Crippen molar-refractivity contribution in [2.75, 3.05) is 6.61 Å². The summed E-state index contributed by atoms with van der Waals surface area (Å²) in [6, 6.07) is 2.51. The maximum absolute atomic E-state index is 12.7. The topological polar surface area (TPSA) is 39.2 Å². The van der Waals surface area contributed by atoms with Gasteiger partial charge in [0, 0.05) is 11.1 Å². The molecule has 1 aromatic rings. The van der Waals surface area contributed by atoms with E-state index in [2.05, 4.69) is 9.72 Å². The summed E-state index contributed by atoms with van der Waals surface area (Å²) in [5, 5.41) is 0.219. The van der Waals surface area contributed by atoms with Crippen LogP contribution in [-0.2, 0) is 16.0 Å². The fourth-order valence-corrected chi connectivity index (χ4v) is 1.18. The SMILES string of the molecule is CCOC(=O)Cc1cc(Cl)cc(F)n1. The zero-order valence-corrected chi connectivity index (χ0v) is 8.34. The Morgan fingerprint density at radius 3 is 2.93 bits per heavy atom. The van der Waals surface area contributed by atoms with Crippen molar-refractivity contribution in [3.63, 3.8) is 0 Å². The zero-order chi connectivity index (χ0) is 10.6. The molecule has 1 rings (SSSR count). The van der Waals surface area contributed by atoms with Crippen LogP contribution in [0.3, 0.4) is 0 Å². The van der Waals surface area contributed by atoms with Crippen LogP contribution in [0.2, 0.25) is 5.02 Å². The van der Waals surface area contributed by atoms with Gasteiger partial charge >= 0.3 is 5.97 Å². The molecule has 0 saturated heterocycles. The van der Waals surface area contributed by atoms with Crippen molar-refractivity contribution in [3.05, 3.63) is 28.8 Å². The number of aromatic nitrogens is 1. The molecule has 1 aromatic heterocycles. The molecule has 3 nitrogen and oxygen atoms in total. The first kappa shape index (κ1) is 10.9. The van der Waals surface area contributed by atoms with Crippen LogP contribution >= 0.6 is 11.6 Å². The predicted octanol–water partition coefficient (Wildman–Crippen LogP) is 1.98. The van der Waals surface area contributed by atoms with E-state index in [1.807, 2.05) is 0 Å². The van der Waals surface area contributed by atoms with Crippen LogP contribution in [-0.4, -0.2) is 17.6 Å². The van der Waals surface area contributed by atoms with E-state index in [1.165, 1.54) is 6.07 Å². The summed E-state index contributed by atoms with van der Waals surface area (Å²) in [6.45, 7) is 1.99. The second kappa shape index (κ2) is 4.91. The Morgan fingerprint density at radius 2 is 2.36 bits per heavy atom. The van der Waals surface area contributed by atoms with Crippen molar-refractivity contribution in [1.29, 1.82) is 0 Å². The minimum absolute atomic E-state index is 0.0642. The monoisotopic (exact) mass is 217 g/mol. The van der Waals surface area contributed by atoms with Gasteiger partial charge in [-0.15, -0.1) is 0 Å². The normalized spacial score (nSPS) is 9.93. The molecule has 0 spiro atoms. The van der Waals surface area contributed by atoms with E-state index in [-0.39, 0.29) is 17.1 Å². The van der Waals surface area contributed by atoms with E-state index < -0.39 is 11.9 Å². The van der Waals surface area contributed by atoms with Crippen molar-refractivity contribution >= 4 is 17.6 Å². The molecule has 0 aromatic carbocycles. The molecule has 0 bridgehead atoms. The van der Waals surface area contributed by atoms with Gasteiger partial charge in [-0.05, 0) is 13.0 Å². The Morgan fingerprint density at radius 1 is 1.64 bits per heavy atom. The number of halogens is 2. The number of hydrogen-bond acceptors (Lipinski definition) is 3. The third kappa shape index (κ3) is 3.30. The van der Waals surface area contributed by atoms with E-state index in [1.54, 1.807) is 6.92 Å². The van der Waals surface area contributed by atoms with Crippen molar-refractivity contribution in [1.82, 2.24) is 4.98 Å². The zero-order valence-electron chi connectivity index (χ0n) is 7.59. The second-order valence-corrected chi connectivity index (χ2v) is 3.02. The molecule has 0 aliphatic carbocycles. The molecule has 5 heteroatoms. The molecule has 0 radical (unpaired) electrons. The molecule has 0 atom stereocenters. The summed E-state index contributed by atoms with van der Waals surface area (Å²) in [5.41, 5.74) is 0.272. The quantitative estimate of drug-likeness (QED) is 0.574. The molecule has 0 fully saturated rings. The summed E-state index contributed by atoms with van der Waals surface area (Å²) >= 11 is 5.58. The standard InChI is InChI=1S/C9H9ClFNO2/c1-2-14-9(13)5-7-3-6(10)4-8(11)12-7/h3-4H,2,5H2,1H3. The molecular formula is C9H9ClFNO2. The lowest BCUT2D eigenvalue weighted by Crippen LogP contribution is -2.09. The number of carbonyl (C=O) groups excluding carboxylic acids is 1. The van der Waals surface area contributed by atoms with Gasteiger partial charge in [0.2, 0.25) is 5.95 Å². The molecule has 0 unspecified atom stereocenters. The van der Waals surface area contributed by atoms with Crippen LogP contribution < -0.4 is 0 Å². The fourth-order valence-electron chi connectivity index (χ4n) is 0.967. The highest BCUT2D eigenvalue weighted by Gasteiger charge is 2.07. The molecule has 0 amide bonds. The first-order chi connectivity index (χ1) is 6.61. The van der Waals surface area contributed by atoms with Gasteiger partial charge in [-0.2, -0.15) is 4.39 Å². The highest BCUT2D eigenvalue weighted by atomic mass is 35.5. The van der Waals surface area contributed by atoms with Crippen molar-refractivity contribution < 1.29 is 13.9 Å². The highest BCUT2D eigenvalue weighted by Crippen LogP contribution is 2.11. The molecular weight excluding hydrogens is 209 g/mol. The van der Waals surface area contributed by atoms with Gasteiger partial charge in [0.05, 0.1) is 18.7 Å². The Hall–Kier alpha value is -1.16. The predicted molar refractivity (Wildman–Crippen MR) is 49.5 cm³/mol. The summed E-state index contributed by atoms with van der Waals surface area (Å²) in [7, 11) is 0. The first-order valence-electron chi connectivity index (χ1n) is 4.09. The Bertz CT molecular complexity index is 323. The van der Waals surface area contributed by atoms with E-state index >= 15 is 0 Å². The third-order valence-electron chi connectivity index (χ3n) is 1.44. The van der Waals surface area contributed by atoms with Gasteiger partial charge in [-0.1, -0.05) is 11.6 Å². The number of ether oxygens (including phenoxy) is 1. The van der Waals surface area contributed by atoms with Crippen molar-refractivity contribution in [2.24, 2.45) is 0 Å². The van der Waals surface area contributed by atoms with Crippen LogP contribution in [0, 0.1) is 5.95 Å². The highest BCUT2D eigenvalue weighted by molar-refractivity contribution is 6.30. The molecule has 0 aliphatic rings. The third-order valence-corrected chi connectivity index (χ3v) is 1.66. The Balaban J connectivity index is 2.71. The van der Waals surface area contributed by atoms with Gasteiger partial charge in [-0.3, -0.25) is 4.79 Å². The number of pyridine rings is 1. The first-order valence-corrected chi connectivity index (χ1v) is 4.47. The lowest BCUT2D eigenvalue weighted by Gasteiger charge is -2.01. The number of hydrogen-bond donors (Lipinski definition) is 0. The lowest BCUT2D eigenvalue weighted by atomic mass is 10.3. The van der Waals surface area contributed by atoms with E-state index in [0.29, 0.717) is 6.61 Å². The van der Waals surface area contributed by atoms with Gasteiger partial charge in [-0.25, -0.2) is 4.98 Å². The molecule has 1 heterocycles. The summed E-state index contributed by atoms with van der Waals surface area (Å²) < 4.78 is 17.4. The van der Waals surface area contributed by atoms with Crippen LogP contribution in [0.25, 0.3) is 0 Å². The number of rotatable bonds is 3. The molecule has 14 heavy (non-hydrogen) atoms. The van der Waals surface area contributed by atoms with Gasteiger partial charge < -0.3 is 4.74 Å². The summed E-state index contributed by atoms with van der Waals surface area (Å²) in [6.07, 6.45) is -0.0642. The Kier molecular flexibility index (Phi) is 3.83. The molecule has 76 valence electrons. The van der Waals surface area contributed by atoms with Crippen LogP contribution in [0.4, 0.5) is 4.39 Å². The molecule has 0 saturated carbocycles. The molecule has 0 N–H and O–H groups in total. The average molecular weight is 218 g/mol. The number of carbonyl (C=O) groups is 1. The maximum atomic E-state index is 12.7. The lowest BCUT2D eigenvalue weighted by molar-refractivity contribution is -0.142. The smallest absolute Gasteiger partial charge is 0.311 e. The van der Waals surface area contributed by atoms with E-state index in [4.69, 9.17) is 11.6 Å². The summed E-state index contributed by atoms with van der Waals surface area (Å²) in [4.78, 5) is 14.5. The molecule has 0 aliphatic heterocycles. The van der Waals surface area contributed by atoms with E-state index in [0.717, 1.165) is 6.07 Å². The van der Waals surface area contributed by atoms with E-state index in [9.17, 15) is 9.18 Å². The minimum atomic E-state index is -0.697. The maximum Gasteiger partial charge on any atom is 0.311 e. The second-order valence-electron chi connectivity index (χ2n) is 2.58. The summed E-state index contributed by atoms with van der Waals surface area (Å²) in [5.74, 6) is -1.14. The number of esters is 1. The minimum Gasteiger partial charge on any atom is -0.466 e. The van der Waals surface area contributed by atoms with Crippen LogP contribution in [0.1, 0.15) is 12.6 Å². The van der Waals surface area contributed by atoms with Crippen LogP contribution in [0.15, 0.2) is 12.1 Å².